The summed E-state index contributed by atoms with van der Waals surface area (Å²) in [5.41, 5.74) is 2.80. The van der Waals surface area contributed by atoms with Crippen molar-refractivity contribution in [3.8, 4) is 0 Å². The number of rotatable bonds is 6. The zero-order chi connectivity index (χ0) is 21.5. The third-order valence-electron chi connectivity index (χ3n) is 5.22. The Morgan fingerprint density at radius 1 is 1.23 bits per heavy atom. The van der Waals surface area contributed by atoms with E-state index in [1.54, 1.807) is 26.3 Å². The van der Waals surface area contributed by atoms with Crippen molar-refractivity contribution in [3.05, 3.63) is 59.4 Å². The largest absolute Gasteiger partial charge is 0.465 e. The van der Waals surface area contributed by atoms with Gasteiger partial charge in [-0.25, -0.2) is 9.59 Å². The van der Waals surface area contributed by atoms with Gasteiger partial charge in [-0.1, -0.05) is 30.3 Å². The molecule has 0 aliphatic carbocycles. The third-order valence-corrected chi connectivity index (χ3v) is 5.22. The van der Waals surface area contributed by atoms with Gasteiger partial charge < -0.3 is 24.4 Å². The van der Waals surface area contributed by atoms with Gasteiger partial charge in [0.2, 0.25) is 0 Å². The summed E-state index contributed by atoms with van der Waals surface area (Å²) < 4.78 is 15.8. The number of carbonyl (C=O) groups is 2. The number of aromatic nitrogens is 1. The number of nitrogens with one attached hydrogen (secondary N) is 1. The SMILES string of the molecule is COC(=O)c1cc(N2CC[C@H](NC(=O)OCc3ccccc3)[C@H](OC)C2)cnc1C. The van der Waals surface area contributed by atoms with E-state index >= 15 is 0 Å². The Morgan fingerprint density at radius 2 is 2.00 bits per heavy atom. The first-order valence-corrected chi connectivity index (χ1v) is 9.81. The maximum absolute atomic E-state index is 12.2. The number of benzene rings is 1. The van der Waals surface area contributed by atoms with Crippen LogP contribution in [0.25, 0.3) is 0 Å². The summed E-state index contributed by atoms with van der Waals surface area (Å²) in [5.74, 6) is -0.414. The van der Waals surface area contributed by atoms with Crippen molar-refractivity contribution in [2.24, 2.45) is 0 Å². The number of hydrogen-bond donors (Lipinski definition) is 1. The third kappa shape index (κ3) is 5.27. The van der Waals surface area contributed by atoms with Crippen molar-refractivity contribution < 1.29 is 23.8 Å². The maximum atomic E-state index is 12.2. The summed E-state index contributed by atoms with van der Waals surface area (Å²) in [7, 11) is 2.97. The molecule has 3 rings (SSSR count). The summed E-state index contributed by atoms with van der Waals surface area (Å²) in [6, 6.07) is 11.1. The first-order chi connectivity index (χ1) is 14.5. The van der Waals surface area contributed by atoms with E-state index in [2.05, 4.69) is 15.2 Å². The average Bonchev–Trinajstić information content (AvgIpc) is 2.78. The highest BCUT2D eigenvalue weighted by Gasteiger charge is 2.31. The molecule has 2 atom stereocenters. The standard InChI is InChI=1S/C22H27N3O5/c1-15-18(21(26)29-3)11-17(12-23-15)25-10-9-19(20(13-25)28-2)24-22(27)30-14-16-7-5-4-6-8-16/h4-8,11-12,19-20H,9-10,13-14H2,1-3H3,(H,24,27)/t19-,20+/m0/s1. The van der Waals surface area contributed by atoms with E-state index in [1.165, 1.54) is 7.11 Å². The summed E-state index contributed by atoms with van der Waals surface area (Å²) in [6.45, 7) is 3.21. The van der Waals surface area contributed by atoms with Gasteiger partial charge in [0.1, 0.15) is 6.61 Å². The lowest BCUT2D eigenvalue weighted by Gasteiger charge is -2.39. The molecule has 160 valence electrons. The summed E-state index contributed by atoms with van der Waals surface area (Å²) >= 11 is 0. The molecule has 8 heteroatoms. The van der Waals surface area contributed by atoms with E-state index in [0.717, 1.165) is 11.3 Å². The van der Waals surface area contributed by atoms with Crippen LogP contribution >= 0.6 is 0 Å². The molecule has 2 heterocycles. The molecule has 1 aromatic heterocycles. The predicted octanol–water partition coefficient (Wildman–Crippen LogP) is 2.70. The summed E-state index contributed by atoms with van der Waals surface area (Å²) in [5, 5.41) is 2.91. The van der Waals surface area contributed by atoms with Crippen LogP contribution in [-0.2, 0) is 20.8 Å². The van der Waals surface area contributed by atoms with Crippen LogP contribution in [0.5, 0.6) is 0 Å². The van der Waals surface area contributed by atoms with Crippen molar-refractivity contribution in [2.45, 2.75) is 32.1 Å². The van der Waals surface area contributed by atoms with Gasteiger partial charge in [-0.2, -0.15) is 0 Å². The van der Waals surface area contributed by atoms with Crippen LogP contribution in [0.1, 0.15) is 28.0 Å². The topological polar surface area (TPSA) is 90.0 Å². The van der Waals surface area contributed by atoms with Crippen molar-refractivity contribution in [1.29, 1.82) is 0 Å². The van der Waals surface area contributed by atoms with E-state index in [-0.39, 0.29) is 18.8 Å². The van der Waals surface area contributed by atoms with Crippen LogP contribution in [0.3, 0.4) is 0 Å². The number of esters is 1. The second-order valence-corrected chi connectivity index (χ2v) is 7.14. The fourth-order valence-corrected chi connectivity index (χ4v) is 3.48. The second kappa shape index (κ2) is 10.1. The van der Waals surface area contributed by atoms with Crippen molar-refractivity contribution in [1.82, 2.24) is 10.3 Å². The Balaban J connectivity index is 1.59. The molecule has 0 radical (unpaired) electrons. The van der Waals surface area contributed by atoms with Gasteiger partial charge in [-0.05, 0) is 25.0 Å². The molecule has 1 aromatic carbocycles. The number of methoxy groups -OCH3 is 2. The fourth-order valence-electron chi connectivity index (χ4n) is 3.48. The Hall–Kier alpha value is -3.13. The number of carbonyl (C=O) groups excluding carboxylic acids is 2. The van der Waals surface area contributed by atoms with Crippen LogP contribution in [0.2, 0.25) is 0 Å². The highest BCUT2D eigenvalue weighted by molar-refractivity contribution is 5.91. The molecule has 0 saturated carbocycles. The molecular weight excluding hydrogens is 386 g/mol. The molecule has 30 heavy (non-hydrogen) atoms. The minimum atomic E-state index is -0.468. The van der Waals surface area contributed by atoms with E-state index in [4.69, 9.17) is 14.2 Å². The molecule has 1 N–H and O–H groups in total. The highest BCUT2D eigenvalue weighted by atomic mass is 16.5. The molecule has 0 bridgehead atoms. The number of anilines is 1. The van der Waals surface area contributed by atoms with Crippen LogP contribution in [-0.4, -0.2) is 56.5 Å². The number of aryl methyl sites for hydroxylation is 1. The van der Waals surface area contributed by atoms with Gasteiger partial charge in [-0.3, -0.25) is 4.98 Å². The Morgan fingerprint density at radius 3 is 2.70 bits per heavy atom. The fraction of sp³-hybridized carbons (Fsp3) is 0.409. The minimum Gasteiger partial charge on any atom is -0.465 e. The average molecular weight is 413 g/mol. The quantitative estimate of drug-likeness (QED) is 0.728. The van der Waals surface area contributed by atoms with Gasteiger partial charge in [0.15, 0.2) is 0 Å². The number of hydrogen-bond acceptors (Lipinski definition) is 7. The first-order valence-electron chi connectivity index (χ1n) is 9.81. The van der Waals surface area contributed by atoms with E-state index in [0.29, 0.717) is 30.8 Å². The molecule has 1 amide bonds. The molecule has 2 aromatic rings. The molecule has 0 spiro atoms. The molecular formula is C22H27N3O5. The Labute approximate surface area is 176 Å². The number of nitrogens with zero attached hydrogens (tertiary/aromatic N) is 2. The van der Waals surface area contributed by atoms with Gasteiger partial charge in [0.25, 0.3) is 0 Å². The summed E-state index contributed by atoms with van der Waals surface area (Å²) in [4.78, 5) is 30.6. The molecule has 1 fully saturated rings. The zero-order valence-electron chi connectivity index (χ0n) is 17.5. The Bertz CT molecular complexity index is 874. The predicted molar refractivity (Wildman–Crippen MR) is 111 cm³/mol. The maximum Gasteiger partial charge on any atom is 0.407 e. The molecule has 1 aliphatic rings. The van der Waals surface area contributed by atoms with E-state index < -0.39 is 12.1 Å². The monoisotopic (exact) mass is 413 g/mol. The molecule has 0 unspecified atom stereocenters. The number of ether oxygens (including phenoxy) is 3. The van der Waals surface area contributed by atoms with Gasteiger partial charge in [0, 0.05) is 20.2 Å². The van der Waals surface area contributed by atoms with Crippen LogP contribution in [0, 0.1) is 6.92 Å². The minimum absolute atomic E-state index is 0.173. The number of pyridine rings is 1. The molecule has 1 aliphatic heterocycles. The van der Waals surface area contributed by atoms with Crippen LogP contribution < -0.4 is 10.2 Å². The molecule has 1 saturated heterocycles. The number of piperidine rings is 1. The van der Waals surface area contributed by atoms with Gasteiger partial charge in [0.05, 0.1) is 42.4 Å². The second-order valence-electron chi connectivity index (χ2n) is 7.14. The summed E-state index contributed by atoms with van der Waals surface area (Å²) in [6.07, 6.45) is 1.70. The number of alkyl carbamates (subject to hydrolysis) is 1. The zero-order valence-corrected chi connectivity index (χ0v) is 17.5. The normalized spacial score (nSPS) is 18.6. The van der Waals surface area contributed by atoms with Gasteiger partial charge in [-0.15, -0.1) is 0 Å². The van der Waals surface area contributed by atoms with E-state index in [9.17, 15) is 9.59 Å². The van der Waals surface area contributed by atoms with Crippen molar-refractivity contribution in [2.75, 3.05) is 32.2 Å². The number of amides is 1. The lowest BCUT2D eigenvalue weighted by molar-refractivity contribution is 0.0545. The molecule has 8 nitrogen and oxygen atoms in total. The smallest absolute Gasteiger partial charge is 0.407 e. The van der Waals surface area contributed by atoms with Crippen LogP contribution in [0.15, 0.2) is 42.6 Å². The lowest BCUT2D eigenvalue weighted by atomic mass is 10.0. The highest BCUT2D eigenvalue weighted by Crippen LogP contribution is 2.23. The van der Waals surface area contributed by atoms with Crippen molar-refractivity contribution in [3.63, 3.8) is 0 Å². The first kappa shape index (κ1) is 21.6. The van der Waals surface area contributed by atoms with Gasteiger partial charge >= 0.3 is 12.1 Å². The van der Waals surface area contributed by atoms with E-state index in [1.807, 2.05) is 30.3 Å². The van der Waals surface area contributed by atoms with Crippen molar-refractivity contribution >= 4 is 17.7 Å². The van der Waals surface area contributed by atoms with Crippen LogP contribution in [0.4, 0.5) is 10.5 Å². The Kier molecular flexibility index (Phi) is 7.24. The lowest BCUT2D eigenvalue weighted by Crippen LogP contribution is -2.55.